The normalized spacial score (nSPS) is 11.2. The molecule has 1 heterocycles. The van der Waals surface area contributed by atoms with Crippen LogP contribution in [0.15, 0.2) is 35.2 Å². The fourth-order valence-corrected chi connectivity index (χ4v) is 4.57. The van der Waals surface area contributed by atoms with Gasteiger partial charge in [0.2, 0.25) is 0 Å². The molecule has 2 aromatic rings. The minimum Gasteiger partial charge on any atom is -0.465 e. The van der Waals surface area contributed by atoms with Gasteiger partial charge in [-0.25, -0.2) is 13.2 Å². The number of nitrogens with one attached hydrogen (secondary N) is 1. The van der Waals surface area contributed by atoms with E-state index < -0.39 is 16.0 Å². The Balaban J connectivity index is 2.46. The summed E-state index contributed by atoms with van der Waals surface area (Å²) in [6.45, 7) is 0. The van der Waals surface area contributed by atoms with E-state index in [1.54, 1.807) is 18.2 Å². The number of carbonyl (C=O) groups is 1. The Bertz CT molecular complexity index is 786. The number of rotatable bonds is 4. The molecule has 0 fully saturated rings. The molecule has 21 heavy (non-hydrogen) atoms. The van der Waals surface area contributed by atoms with E-state index in [9.17, 15) is 13.2 Å². The van der Waals surface area contributed by atoms with Crippen LogP contribution in [0.5, 0.6) is 0 Å². The van der Waals surface area contributed by atoms with Crippen molar-refractivity contribution in [2.75, 3.05) is 11.8 Å². The number of esters is 1. The maximum atomic E-state index is 12.4. The first-order valence-corrected chi connectivity index (χ1v) is 8.55. The zero-order chi connectivity index (χ0) is 15.6. The third-order valence-electron chi connectivity index (χ3n) is 2.45. The Labute approximate surface area is 135 Å². The molecule has 0 unspecified atom stereocenters. The van der Waals surface area contributed by atoms with Crippen LogP contribution in [0.4, 0.5) is 5.69 Å². The van der Waals surface area contributed by atoms with Crippen molar-refractivity contribution in [1.29, 1.82) is 0 Å². The van der Waals surface area contributed by atoms with E-state index in [1.165, 1.54) is 12.1 Å². The van der Waals surface area contributed by atoms with Crippen LogP contribution in [0.2, 0.25) is 9.36 Å². The topological polar surface area (TPSA) is 72.5 Å². The number of thiophene rings is 1. The molecule has 0 aliphatic carbocycles. The van der Waals surface area contributed by atoms with E-state index in [1.807, 2.05) is 0 Å². The fraction of sp³-hybridized carbons (Fsp3) is 0.0833. The van der Waals surface area contributed by atoms with Crippen LogP contribution in [0.1, 0.15) is 9.67 Å². The number of methoxy groups -OCH3 is 1. The molecule has 0 saturated carbocycles. The smallest absolute Gasteiger partial charge is 0.349 e. The summed E-state index contributed by atoms with van der Waals surface area (Å²) >= 11 is 12.5. The van der Waals surface area contributed by atoms with Crippen molar-refractivity contribution in [3.8, 4) is 0 Å². The molecular weight excluding hydrogens is 357 g/mol. The molecule has 0 aliphatic heterocycles. The third kappa shape index (κ3) is 3.49. The molecule has 5 nitrogen and oxygen atoms in total. The molecule has 9 heteroatoms. The van der Waals surface area contributed by atoms with Crippen LogP contribution >= 0.6 is 34.5 Å². The predicted octanol–water partition coefficient (Wildman–Crippen LogP) is 3.64. The highest BCUT2D eigenvalue weighted by atomic mass is 35.5. The lowest BCUT2D eigenvalue weighted by Gasteiger charge is -2.09. The molecule has 0 bridgehead atoms. The van der Waals surface area contributed by atoms with Crippen molar-refractivity contribution < 1.29 is 17.9 Å². The van der Waals surface area contributed by atoms with Crippen molar-refractivity contribution in [2.45, 2.75) is 4.90 Å². The SMILES string of the molecule is COC(=O)c1sc(Cl)cc1S(=O)(=O)Nc1ccccc1Cl. The molecule has 0 atom stereocenters. The van der Waals surface area contributed by atoms with Crippen molar-refractivity contribution >= 4 is 56.2 Å². The van der Waals surface area contributed by atoms with Gasteiger partial charge in [0.1, 0.15) is 9.77 Å². The summed E-state index contributed by atoms with van der Waals surface area (Å²) < 4.78 is 31.8. The molecule has 0 spiro atoms. The Kier molecular flexibility index (Phi) is 4.77. The van der Waals surface area contributed by atoms with Crippen molar-refractivity contribution in [2.24, 2.45) is 0 Å². The van der Waals surface area contributed by atoms with Gasteiger partial charge in [-0.15, -0.1) is 11.3 Å². The number of carbonyl (C=O) groups excluding carboxylic acids is 1. The first kappa shape index (κ1) is 16.1. The van der Waals surface area contributed by atoms with Gasteiger partial charge in [-0.3, -0.25) is 4.72 Å². The zero-order valence-electron chi connectivity index (χ0n) is 10.6. The quantitative estimate of drug-likeness (QED) is 0.839. The first-order chi connectivity index (χ1) is 9.85. The van der Waals surface area contributed by atoms with Gasteiger partial charge in [-0.05, 0) is 18.2 Å². The Morgan fingerprint density at radius 2 is 1.95 bits per heavy atom. The van der Waals surface area contributed by atoms with Gasteiger partial charge in [-0.2, -0.15) is 0 Å². The Hall–Kier alpha value is -1.28. The number of benzene rings is 1. The summed E-state index contributed by atoms with van der Waals surface area (Å²) in [5.74, 6) is -0.772. The van der Waals surface area contributed by atoms with Gasteiger partial charge in [0, 0.05) is 0 Å². The maximum absolute atomic E-state index is 12.4. The number of halogens is 2. The molecule has 0 amide bonds. The highest BCUT2D eigenvalue weighted by Gasteiger charge is 2.27. The molecule has 112 valence electrons. The number of para-hydroxylation sites is 1. The van der Waals surface area contributed by atoms with Crippen LogP contribution in [-0.4, -0.2) is 21.5 Å². The standard InChI is InChI=1S/C12H9Cl2NO4S2/c1-19-12(16)11-9(6-10(14)20-11)21(17,18)15-8-5-3-2-4-7(8)13/h2-6,15H,1H3. The summed E-state index contributed by atoms with van der Waals surface area (Å²) in [4.78, 5) is 11.3. The lowest BCUT2D eigenvalue weighted by molar-refractivity contribution is 0.0602. The van der Waals surface area contributed by atoms with E-state index >= 15 is 0 Å². The Morgan fingerprint density at radius 3 is 2.57 bits per heavy atom. The lowest BCUT2D eigenvalue weighted by atomic mass is 10.3. The first-order valence-electron chi connectivity index (χ1n) is 5.50. The van der Waals surface area contributed by atoms with Gasteiger partial charge in [0.25, 0.3) is 10.0 Å². The van der Waals surface area contributed by atoms with Crippen molar-refractivity contribution in [3.63, 3.8) is 0 Å². The van der Waals surface area contributed by atoms with E-state index in [-0.39, 0.29) is 24.8 Å². The van der Waals surface area contributed by atoms with Crippen molar-refractivity contribution in [3.05, 3.63) is 44.6 Å². The molecule has 1 aromatic heterocycles. The second kappa shape index (κ2) is 6.23. The van der Waals surface area contributed by atoms with E-state index in [0.29, 0.717) is 0 Å². The predicted molar refractivity (Wildman–Crippen MR) is 82.9 cm³/mol. The fourth-order valence-electron chi connectivity index (χ4n) is 1.52. The van der Waals surface area contributed by atoms with Gasteiger partial charge >= 0.3 is 5.97 Å². The van der Waals surface area contributed by atoms with Crippen molar-refractivity contribution in [1.82, 2.24) is 0 Å². The zero-order valence-corrected chi connectivity index (χ0v) is 13.7. The maximum Gasteiger partial charge on any atom is 0.349 e. The average Bonchev–Trinajstić information content (AvgIpc) is 2.83. The summed E-state index contributed by atoms with van der Waals surface area (Å²) in [6.07, 6.45) is 0. The van der Waals surface area contributed by atoms with Crippen LogP contribution in [0.25, 0.3) is 0 Å². The number of sulfonamides is 1. The van der Waals surface area contributed by atoms with E-state index in [4.69, 9.17) is 23.2 Å². The second-order valence-electron chi connectivity index (χ2n) is 3.82. The molecular formula is C12H9Cl2NO4S2. The third-order valence-corrected chi connectivity index (χ3v) is 5.54. The molecule has 0 radical (unpaired) electrons. The van der Waals surface area contributed by atoms with E-state index in [0.717, 1.165) is 18.4 Å². The van der Waals surface area contributed by atoms with E-state index in [2.05, 4.69) is 9.46 Å². The van der Waals surface area contributed by atoms with Gasteiger partial charge < -0.3 is 4.74 Å². The summed E-state index contributed by atoms with van der Waals surface area (Å²) in [7, 11) is -2.85. The van der Waals surface area contributed by atoms with Crippen LogP contribution < -0.4 is 4.72 Å². The van der Waals surface area contributed by atoms with Crippen LogP contribution in [-0.2, 0) is 14.8 Å². The van der Waals surface area contributed by atoms with Gasteiger partial charge in [0.05, 0.1) is 22.2 Å². The van der Waals surface area contributed by atoms with Crippen LogP contribution in [0, 0.1) is 0 Å². The van der Waals surface area contributed by atoms with Gasteiger partial charge in [-0.1, -0.05) is 35.3 Å². The van der Waals surface area contributed by atoms with Gasteiger partial charge in [0.15, 0.2) is 0 Å². The highest BCUT2D eigenvalue weighted by Crippen LogP contribution is 2.32. The number of hydrogen-bond acceptors (Lipinski definition) is 5. The van der Waals surface area contributed by atoms with Crippen LogP contribution in [0.3, 0.4) is 0 Å². The summed E-state index contributed by atoms with van der Waals surface area (Å²) in [5, 5.41) is 0.238. The lowest BCUT2D eigenvalue weighted by Crippen LogP contribution is -2.15. The monoisotopic (exact) mass is 365 g/mol. The molecule has 2 rings (SSSR count). The minimum atomic E-state index is -4.01. The average molecular weight is 366 g/mol. The highest BCUT2D eigenvalue weighted by molar-refractivity contribution is 7.93. The molecule has 0 aliphatic rings. The summed E-state index contributed by atoms with van der Waals surface area (Å²) in [6, 6.07) is 7.54. The molecule has 0 saturated heterocycles. The number of hydrogen-bond donors (Lipinski definition) is 1. The second-order valence-corrected chi connectivity index (χ2v) is 7.56. The minimum absolute atomic E-state index is 0.0953. The summed E-state index contributed by atoms with van der Waals surface area (Å²) in [5.41, 5.74) is 0.206. The number of ether oxygens (including phenoxy) is 1. The Morgan fingerprint density at radius 1 is 1.29 bits per heavy atom. The largest absolute Gasteiger partial charge is 0.465 e. The molecule has 1 N–H and O–H groups in total. The molecule has 1 aromatic carbocycles. The number of anilines is 1.